The van der Waals surface area contributed by atoms with E-state index in [0.717, 1.165) is 24.2 Å². The van der Waals surface area contributed by atoms with E-state index in [0.29, 0.717) is 29.4 Å². The third-order valence-electron chi connectivity index (χ3n) is 4.78. The number of carbonyl (C=O) groups is 2. The molecule has 0 radical (unpaired) electrons. The van der Waals surface area contributed by atoms with Crippen molar-refractivity contribution in [3.63, 3.8) is 0 Å². The van der Waals surface area contributed by atoms with Crippen molar-refractivity contribution in [1.82, 2.24) is 10.1 Å². The molecule has 152 valence electrons. The van der Waals surface area contributed by atoms with E-state index < -0.39 is 0 Å². The number of carbonyl (C=O) groups excluding carboxylic acids is 2. The summed E-state index contributed by atoms with van der Waals surface area (Å²) in [5, 5.41) is 3.78. The van der Waals surface area contributed by atoms with Gasteiger partial charge in [-0.25, -0.2) is 0 Å². The second kappa shape index (κ2) is 8.73. The van der Waals surface area contributed by atoms with Crippen LogP contribution in [0.5, 0.6) is 5.75 Å². The van der Waals surface area contributed by atoms with Crippen LogP contribution in [0, 0.1) is 6.92 Å². The second-order valence-corrected chi connectivity index (χ2v) is 6.98. The van der Waals surface area contributed by atoms with Crippen LogP contribution in [-0.2, 0) is 11.4 Å². The molecule has 1 aliphatic heterocycles. The number of hydrogen-bond donors (Lipinski definition) is 0. The van der Waals surface area contributed by atoms with E-state index >= 15 is 0 Å². The monoisotopic (exact) mass is 403 g/mol. The molecule has 3 aromatic rings. The molecule has 0 unspecified atom stereocenters. The molecular formula is C23H21N3O4. The molecule has 0 saturated carbocycles. The fraction of sp³-hybridized carbons (Fsp3) is 0.217. The summed E-state index contributed by atoms with van der Waals surface area (Å²) in [5.41, 5.74) is 2.30. The molecule has 7 heteroatoms. The SMILES string of the molecule is Cc1nc(COc2ccc(/C=C/C(=O)c3ccc(N4CCCC4=O)cc3)cc2)no1. The second-order valence-electron chi connectivity index (χ2n) is 6.98. The summed E-state index contributed by atoms with van der Waals surface area (Å²) >= 11 is 0. The summed E-state index contributed by atoms with van der Waals surface area (Å²) in [6, 6.07) is 14.5. The highest BCUT2D eigenvalue weighted by molar-refractivity contribution is 6.07. The van der Waals surface area contributed by atoms with Crippen molar-refractivity contribution in [3.8, 4) is 5.75 Å². The van der Waals surface area contributed by atoms with E-state index in [2.05, 4.69) is 10.1 Å². The quantitative estimate of drug-likeness (QED) is 0.438. The molecule has 0 aliphatic carbocycles. The van der Waals surface area contributed by atoms with Crippen LogP contribution < -0.4 is 9.64 Å². The van der Waals surface area contributed by atoms with Crippen LogP contribution in [0.25, 0.3) is 6.08 Å². The molecule has 0 atom stereocenters. The molecule has 1 saturated heterocycles. The first-order valence-electron chi connectivity index (χ1n) is 9.73. The number of ketones is 1. The molecule has 2 heterocycles. The third kappa shape index (κ3) is 4.63. The first kappa shape index (κ1) is 19.6. The highest BCUT2D eigenvalue weighted by Gasteiger charge is 2.21. The van der Waals surface area contributed by atoms with Gasteiger partial charge in [0.1, 0.15) is 5.75 Å². The molecule has 2 aromatic carbocycles. The maximum Gasteiger partial charge on any atom is 0.227 e. The Labute approximate surface area is 174 Å². The van der Waals surface area contributed by atoms with Crippen molar-refractivity contribution in [2.24, 2.45) is 0 Å². The zero-order valence-corrected chi connectivity index (χ0v) is 16.6. The molecule has 0 N–H and O–H groups in total. The van der Waals surface area contributed by atoms with Crippen molar-refractivity contribution in [3.05, 3.63) is 77.4 Å². The van der Waals surface area contributed by atoms with Gasteiger partial charge in [0, 0.05) is 31.1 Å². The number of allylic oxidation sites excluding steroid dienone is 1. The standard InChI is InChI=1S/C23H21N3O4/c1-16-24-22(25-30-16)15-29-20-11-4-17(5-12-20)6-13-21(27)18-7-9-19(10-8-18)26-14-2-3-23(26)28/h4-13H,2-3,14-15H2,1H3/b13-6+. The van der Waals surface area contributed by atoms with Crippen molar-refractivity contribution < 1.29 is 18.8 Å². The fourth-order valence-electron chi connectivity index (χ4n) is 3.22. The summed E-state index contributed by atoms with van der Waals surface area (Å²) in [4.78, 5) is 30.1. The Morgan fingerprint density at radius 2 is 1.93 bits per heavy atom. The molecule has 1 aromatic heterocycles. The number of anilines is 1. The lowest BCUT2D eigenvalue weighted by atomic mass is 10.1. The number of ether oxygens (including phenoxy) is 1. The summed E-state index contributed by atoms with van der Waals surface area (Å²) in [7, 11) is 0. The van der Waals surface area contributed by atoms with Gasteiger partial charge in [0.2, 0.25) is 17.6 Å². The van der Waals surface area contributed by atoms with Crippen LogP contribution in [0.15, 0.2) is 59.1 Å². The number of rotatable bonds is 7. The lowest BCUT2D eigenvalue weighted by Gasteiger charge is -2.15. The van der Waals surface area contributed by atoms with Gasteiger partial charge in [-0.2, -0.15) is 4.98 Å². The summed E-state index contributed by atoms with van der Waals surface area (Å²) in [5.74, 6) is 1.70. The minimum atomic E-state index is -0.0953. The molecule has 4 rings (SSSR count). The zero-order valence-electron chi connectivity index (χ0n) is 16.6. The molecular weight excluding hydrogens is 382 g/mol. The minimum Gasteiger partial charge on any atom is -0.485 e. The van der Waals surface area contributed by atoms with Gasteiger partial charge in [0.05, 0.1) is 0 Å². The van der Waals surface area contributed by atoms with E-state index in [-0.39, 0.29) is 18.3 Å². The maximum absolute atomic E-state index is 12.4. The van der Waals surface area contributed by atoms with Gasteiger partial charge in [0.15, 0.2) is 12.4 Å². The molecule has 0 spiro atoms. The summed E-state index contributed by atoms with van der Waals surface area (Å²) in [6.45, 7) is 2.69. The smallest absolute Gasteiger partial charge is 0.227 e. The molecule has 30 heavy (non-hydrogen) atoms. The predicted molar refractivity (Wildman–Crippen MR) is 111 cm³/mol. The number of nitrogens with zero attached hydrogens (tertiary/aromatic N) is 3. The maximum atomic E-state index is 12.4. The van der Waals surface area contributed by atoms with Crippen molar-refractivity contribution in [2.45, 2.75) is 26.4 Å². The largest absolute Gasteiger partial charge is 0.485 e. The van der Waals surface area contributed by atoms with Crippen LogP contribution in [0.1, 0.15) is 40.5 Å². The number of hydrogen-bond acceptors (Lipinski definition) is 6. The van der Waals surface area contributed by atoms with Crippen molar-refractivity contribution in [1.29, 1.82) is 0 Å². The molecule has 1 amide bonds. The average molecular weight is 403 g/mol. The Hall–Kier alpha value is -3.74. The van der Waals surface area contributed by atoms with Crippen LogP contribution in [0.4, 0.5) is 5.69 Å². The van der Waals surface area contributed by atoms with Crippen LogP contribution in [0.3, 0.4) is 0 Å². The lowest BCUT2D eigenvalue weighted by molar-refractivity contribution is -0.117. The van der Waals surface area contributed by atoms with Gasteiger partial charge in [-0.05, 0) is 54.5 Å². The van der Waals surface area contributed by atoms with Gasteiger partial charge in [0.25, 0.3) is 0 Å². The highest BCUT2D eigenvalue weighted by Crippen LogP contribution is 2.22. The summed E-state index contributed by atoms with van der Waals surface area (Å²) in [6.07, 6.45) is 4.76. The van der Waals surface area contributed by atoms with Crippen molar-refractivity contribution in [2.75, 3.05) is 11.4 Å². The Morgan fingerprint density at radius 3 is 2.57 bits per heavy atom. The van der Waals surface area contributed by atoms with Gasteiger partial charge < -0.3 is 14.2 Å². The molecule has 7 nitrogen and oxygen atoms in total. The average Bonchev–Trinajstić information content (AvgIpc) is 3.39. The normalized spacial score (nSPS) is 13.9. The van der Waals surface area contributed by atoms with Crippen LogP contribution in [0.2, 0.25) is 0 Å². The first-order chi connectivity index (χ1) is 14.6. The number of aryl methyl sites for hydroxylation is 1. The molecule has 1 fully saturated rings. The summed E-state index contributed by atoms with van der Waals surface area (Å²) < 4.78 is 10.5. The zero-order chi connectivity index (χ0) is 20.9. The predicted octanol–water partition coefficient (Wildman–Crippen LogP) is 3.98. The van der Waals surface area contributed by atoms with Gasteiger partial charge in [-0.15, -0.1) is 0 Å². The van der Waals surface area contributed by atoms with E-state index in [1.807, 2.05) is 36.4 Å². The number of amides is 1. The van der Waals surface area contributed by atoms with Crippen molar-refractivity contribution >= 4 is 23.5 Å². The molecule has 0 bridgehead atoms. The number of benzene rings is 2. The Bertz CT molecular complexity index is 1070. The Balaban J connectivity index is 1.33. The fourth-order valence-corrected chi connectivity index (χ4v) is 3.22. The van der Waals surface area contributed by atoms with E-state index in [4.69, 9.17) is 9.26 Å². The highest BCUT2D eigenvalue weighted by atomic mass is 16.5. The topological polar surface area (TPSA) is 85.5 Å². The van der Waals surface area contributed by atoms with Gasteiger partial charge in [-0.3, -0.25) is 9.59 Å². The van der Waals surface area contributed by atoms with Crippen LogP contribution >= 0.6 is 0 Å². The molecule has 1 aliphatic rings. The van der Waals surface area contributed by atoms with Gasteiger partial charge >= 0.3 is 0 Å². The van der Waals surface area contributed by atoms with Gasteiger partial charge in [-0.1, -0.05) is 23.4 Å². The van der Waals surface area contributed by atoms with Crippen LogP contribution in [-0.4, -0.2) is 28.4 Å². The lowest BCUT2D eigenvalue weighted by Crippen LogP contribution is -2.23. The van der Waals surface area contributed by atoms with E-state index in [9.17, 15) is 9.59 Å². The first-order valence-corrected chi connectivity index (χ1v) is 9.73. The third-order valence-corrected chi connectivity index (χ3v) is 4.78. The number of aromatic nitrogens is 2. The van der Waals surface area contributed by atoms with E-state index in [1.165, 1.54) is 6.08 Å². The Morgan fingerprint density at radius 1 is 1.17 bits per heavy atom. The minimum absolute atomic E-state index is 0.0953. The Kier molecular flexibility index (Phi) is 5.70. The van der Waals surface area contributed by atoms with E-state index in [1.54, 1.807) is 30.0 Å².